The van der Waals surface area contributed by atoms with Crippen LogP contribution in [0.4, 0.5) is 0 Å². The molecule has 1 unspecified atom stereocenters. The van der Waals surface area contributed by atoms with Crippen LogP contribution in [0.15, 0.2) is 0 Å². The predicted molar refractivity (Wildman–Crippen MR) is 55.1 cm³/mol. The van der Waals surface area contributed by atoms with Crippen LogP contribution in [0.3, 0.4) is 0 Å². The third-order valence-corrected chi connectivity index (χ3v) is 2.50. The minimum atomic E-state index is -0.404. The summed E-state index contributed by atoms with van der Waals surface area (Å²) in [5.74, 6) is -0.404. The molecule has 0 heterocycles. The van der Waals surface area contributed by atoms with Gasteiger partial charge < -0.3 is 16.4 Å². The van der Waals surface area contributed by atoms with E-state index in [0.29, 0.717) is 16.6 Å². The first-order valence-electron chi connectivity index (χ1n) is 4.24. The highest BCUT2D eigenvalue weighted by atomic mass is 32.1. The molecular formula is C8H15N3OS. The summed E-state index contributed by atoms with van der Waals surface area (Å²) >= 11 is 4.96. The molecule has 1 aliphatic carbocycles. The minimum Gasteiger partial charge on any atom is -0.368 e. The van der Waals surface area contributed by atoms with Crippen LogP contribution in [0, 0.1) is 5.41 Å². The van der Waals surface area contributed by atoms with E-state index in [1.165, 1.54) is 0 Å². The maximum absolute atomic E-state index is 10.4. The number of rotatable bonds is 3. The third-order valence-electron chi connectivity index (χ3n) is 2.24. The minimum absolute atomic E-state index is 0.0962. The van der Waals surface area contributed by atoms with Crippen LogP contribution >= 0.6 is 12.2 Å². The van der Waals surface area contributed by atoms with Crippen LogP contribution in [0.1, 0.15) is 20.3 Å². The average Bonchev–Trinajstić information content (AvgIpc) is 2.54. The summed E-state index contributed by atoms with van der Waals surface area (Å²) < 4.78 is 0. The van der Waals surface area contributed by atoms with E-state index in [0.717, 1.165) is 6.42 Å². The number of nitrogens with two attached hydrogens (primary N) is 1. The standard InChI is InChI=1S/C8H15N3OS/c1-8(2)3-5(8)11-7(13)10-4-6(9)12/h5H,3-4H2,1-2H3,(H2,9,12)(H2,10,11,13). The lowest BCUT2D eigenvalue weighted by atomic mass is 10.2. The Morgan fingerprint density at radius 2 is 2.23 bits per heavy atom. The molecule has 0 aromatic carbocycles. The molecule has 5 heteroatoms. The molecule has 0 aromatic heterocycles. The van der Waals surface area contributed by atoms with Crippen molar-refractivity contribution in [2.45, 2.75) is 26.3 Å². The quantitative estimate of drug-likeness (QED) is 0.550. The van der Waals surface area contributed by atoms with E-state index in [-0.39, 0.29) is 6.54 Å². The van der Waals surface area contributed by atoms with Crippen LogP contribution in [-0.4, -0.2) is 23.6 Å². The molecule has 1 saturated carbocycles. The summed E-state index contributed by atoms with van der Waals surface area (Å²) in [5, 5.41) is 6.36. The smallest absolute Gasteiger partial charge is 0.236 e. The fourth-order valence-corrected chi connectivity index (χ4v) is 1.30. The normalized spacial score (nSPS) is 23.4. The maximum atomic E-state index is 10.4. The Morgan fingerprint density at radius 3 is 2.62 bits per heavy atom. The molecular weight excluding hydrogens is 186 g/mol. The zero-order chi connectivity index (χ0) is 10.1. The molecule has 1 aliphatic rings. The monoisotopic (exact) mass is 201 g/mol. The van der Waals surface area contributed by atoms with Crippen molar-refractivity contribution < 1.29 is 4.79 Å². The Morgan fingerprint density at radius 1 is 1.69 bits per heavy atom. The Hall–Kier alpha value is -0.840. The molecule has 0 bridgehead atoms. The molecule has 1 rings (SSSR count). The lowest BCUT2D eigenvalue weighted by Crippen LogP contribution is -2.41. The molecule has 1 atom stereocenters. The second kappa shape index (κ2) is 3.49. The van der Waals surface area contributed by atoms with E-state index in [1.54, 1.807) is 0 Å². The summed E-state index contributed by atoms with van der Waals surface area (Å²) in [6.45, 7) is 4.43. The van der Waals surface area contributed by atoms with Gasteiger partial charge in [-0.3, -0.25) is 4.79 Å². The third kappa shape index (κ3) is 3.18. The first-order valence-corrected chi connectivity index (χ1v) is 4.65. The van der Waals surface area contributed by atoms with E-state index >= 15 is 0 Å². The van der Waals surface area contributed by atoms with Gasteiger partial charge in [0.05, 0.1) is 6.54 Å². The van der Waals surface area contributed by atoms with Gasteiger partial charge in [0.25, 0.3) is 0 Å². The van der Waals surface area contributed by atoms with Gasteiger partial charge in [-0.2, -0.15) is 0 Å². The molecule has 0 radical (unpaired) electrons. The molecule has 0 spiro atoms. The van der Waals surface area contributed by atoms with Gasteiger partial charge in [0.15, 0.2) is 5.11 Å². The molecule has 1 amide bonds. The Kier molecular flexibility index (Phi) is 2.75. The van der Waals surface area contributed by atoms with Crippen molar-refractivity contribution in [1.29, 1.82) is 0 Å². The van der Waals surface area contributed by atoms with E-state index in [1.807, 2.05) is 0 Å². The number of thiocarbonyl (C=S) groups is 1. The van der Waals surface area contributed by atoms with Gasteiger partial charge in [-0.1, -0.05) is 13.8 Å². The number of amides is 1. The van der Waals surface area contributed by atoms with Crippen molar-refractivity contribution in [2.24, 2.45) is 11.1 Å². The SMILES string of the molecule is CC1(C)CC1NC(=S)NCC(N)=O. The van der Waals surface area contributed by atoms with Gasteiger partial charge in [0, 0.05) is 6.04 Å². The number of carbonyl (C=O) groups is 1. The average molecular weight is 201 g/mol. The Balaban J connectivity index is 2.16. The first-order chi connectivity index (χ1) is 5.92. The fourth-order valence-electron chi connectivity index (χ4n) is 1.09. The number of hydrogen-bond donors (Lipinski definition) is 3. The van der Waals surface area contributed by atoms with Crippen molar-refractivity contribution in [3.8, 4) is 0 Å². The molecule has 13 heavy (non-hydrogen) atoms. The zero-order valence-electron chi connectivity index (χ0n) is 7.89. The van der Waals surface area contributed by atoms with Crippen molar-refractivity contribution >= 4 is 23.2 Å². The van der Waals surface area contributed by atoms with Gasteiger partial charge in [-0.15, -0.1) is 0 Å². The van der Waals surface area contributed by atoms with Gasteiger partial charge in [-0.25, -0.2) is 0 Å². The van der Waals surface area contributed by atoms with Crippen LogP contribution in [-0.2, 0) is 4.79 Å². The number of nitrogens with one attached hydrogen (secondary N) is 2. The Bertz CT molecular complexity index is 240. The molecule has 4 N–H and O–H groups in total. The van der Waals surface area contributed by atoms with E-state index < -0.39 is 5.91 Å². The van der Waals surface area contributed by atoms with Crippen molar-refractivity contribution in [1.82, 2.24) is 10.6 Å². The number of carbonyl (C=O) groups excluding carboxylic acids is 1. The predicted octanol–water partition coefficient (Wildman–Crippen LogP) is -0.266. The van der Waals surface area contributed by atoms with Crippen molar-refractivity contribution in [2.75, 3.05) is 6.54 Å². The summed E-state index contributed by atoms with van der Waals surface area (Å²) in [4.78, 5) is 10.4. The topological polar surface area (TPSA) is 67.2 Å². The Labute approximate surface area is 83.2 Å². The maximum Gasteiger partial charge on any atom is 0.236 e. The van der Waals surface area contributed by atoms with Gasteiger partial charge in [-0.05, 0) is 24.1 Å². The lowest BCUT2D eigenvalue weighted by Gasteiger charge is -2.09. The zero-order valence-corrected chi connectivity index (χ0v) is 8.70. The molecule has 4 nitrogen and oxygen atoms in total. The summed E-state index contributed by atoms with van der Waals surface area (Å²) in [6.07, 6.45) is 1.12. The summed E-state index contributed by atoms with van der Waals surface area (Å²) in [7, 11) is 0. The van der Waals surface area contributed by atoms with Crippen molar-refractivity contribution in [3.63, 3.8) is 0 Å². The highest BCUT2D eigenvalue weighted by Crippen LogP contribution is 2.44. The van der Waals surface area contributed by atoms with E-state index in [4.69, 9.17) is 18.0 Å². The van der Waals surface area contributed by atoms with Gasteiger partial charge in [0.2, 0.25) is 5.91 Å². The van der Waals surface area contributed by atoms with E-state index in [2.05, 4.69) is 24.5 Å². The fraction of sp³-hybridized carbons (Fsp3) is 0.750. The van der Waals surface area contributed by atoms with Crippen molar-refractivity contribution in [3.05, 3.63) is 0 Å². The highest BCUT2D eigenvalue weighted by molar-refractivity contribution is 7.80. The van der Waals surface area contributed by atoms with Crippen LogP contribution < -0.4 is 16.4 Å². The molecule has 0 saturated heterocycles. The van der Waals surface area contributed by atoms with Gasteiger partial charge >= 0.3 is 0 Å². The number of primary amides is 1. The second-order valence-electron chi connectivity index (χ2n) is 4.04. The van der Waals surface area contributed by atoms with E-state index in [9.17, 15) is 4.79 Å². The van der Waals surface area contributed by atoms with Crippen LogP contribution in [0.2, 0.25) is 0 Å². The second-order valence-corrected chi connectivity index (χ2v) is 4.45. The highest BCUT2D eigenvalue weighted by Gasteiger charge is 2.45. The molecule has 0 aromatic rings. The largest absolute Gasteiger partial charge is 0.368 e. The summed E-state index contributed by atoms with van der Waals surface area (Å²) in [5.41, 5.74) is 5.28. The van der Waals surface area contributed by atoms with Crippen LogP contribution in [0.5, 0.6) is 0 Å². The summed E-state index contributed by atoms with van der Waals surface area (Å²) in [6, 6.07) is 0.431. The molecule has 74 valence electrons. The van der Waals surface area contributed by atoms with Gasteiger partial charge in [0.1, 0.15) is 0 Å². The number of hydrogen-bond acceptors (Lipinski definition) is 2. The molecule has 1 fully saturated rings. The van der Waals surface area contributed by atoms with Crippen LogP contribution in [0.25, 0.3) is 0 Å². The lowest BCUT2D eigenvalue weighted by molar-refractivity contribution is -0.116. The first kappa shape index (κ1) is 10.2. The molecule has 0 aliphatic heterocycles.